The maximum Gasteiger partial charge on any atom is 0.114 e. The molecule has 1 aromatic rings. The summed E-state index contributed by atoms with van der Waals surface area (Å²) in [5.41, 5.74) is 0.817. The van der Waals surface area contributed by atoms with Crippen LogP contribution in [0.25, 0.3) is 0 Å². The standard InChI is InChI=1S/C10H11ClN2/c1-2-8(7-12)13-10-6-4-3-5-9(10)11/h3-6,8,13H,2H2,1H3. The summed E-state index contributed by atoms with van der Waals surface area (Å²) in [5.74, 6) is 0. The van der Waals surface area contributed by atoms with Gasteiger partial charge in [0.15, 0.2) is 0 Å². The summed E-state index contributed by atoms with van der Waals surface area (Å²) in [4.78, 5) is 0. The Hall–Kier alpha value is -1.20. The van der Waals surface area contributed by atoms with E-state index in [-0.39, 0.29) is 6.04 Å². The van der Waals surface area contributed by atoms with E-state index in [4.69, 9.17) is 16.9 Å². The molecule has 0 saturated carbocycles. The van der Waals surface area contributed by atoms with E-state index in [0.29, 0.717) is 5.02 Å². The summed E-state index contributed by atoms with van der Waals surface area (Å²) in [6, 6.07) is 9.40. The van der Waals surface area contributed by atoms with E-state index in [0.717, 1.165) is 12.1 Å². The monoisotopic (exact) mass is 194 g/mol. The van der Waals surface area contributed by atoms with Crippen LogP contribution in [0.3, 0.4) is 0 Å². The molecule has 13 heavy (non-hydrogen) atoms. The van der Waals surface area contributed by atoms with Gasteiger partial charge in [-0.25, -0.2) is 0 Å². The molecule has 68 valence electrons. The van der Waals surface area contributed by atoms with Gasteiger partial charge in [0, 0.05) is 0 Å². The van der Waals surface area contributed by atoms with Crippen LogP contribution in [0.2, 0.25) is 5.02 Å². The number of nitrogens with one attached hydrogen (secondary N) is 1. The summed E-state index contributed by atoms with van der Waals surface area (Å²) in [6.07, 6.45) is 0.766. The average Bonchev–Trinajstić information content (AvgIpc) is 2.17. The number of anilines is 1. The van der Waals surface area contributed by atoms with Crippen molar-refractivity contribution in [1.29, 1.82) is 5.26 Å². The number of nitrogens with zero attached hydrogens (tertiary/aromatic N) is 1. The molecule has 0 aromatic heterocycles. The molecular formula is C10H11ClN2. The maximum atomic E-state index is 8.72. The van der Waals surface area contributed by atoms with Crippen molar-refractivity contribution in [3.05, 3.63) is 29.3 Å². The topological polar surface area (TPSA) is 35.8 Å². The number of hydrogen-bond donors (Lipinski definition) is 1. The van der Waals surface area contributed by atoms with Crippen LogP contribution in [-0.4, -0.2) is 6.04 Å². The van der Waals surface area contributed by atoms with Crippen LogP contribution >= 0.6 is 11.6 Å². The van der Waals surface area contributed by atoms with Crippen LogP contribution in [0.15, 0.2) is 24.3 Å². The third-order valence-corrected chi connectivity index (χ3v) is 2.10. The van der Waals surface area contributed by atoms with E-state index in [1.54, 1.807) is 6.07 Å². The molecule has 3 heteroatoms. The molecule has 0 aliphatic rings. The Morgan fingerprint density at radius 2 is 2.23 bits per heavy atom. The predicted octanol–water partition coefficient (Wildman–Crippen LogP) is 3.05. The Bertz CT molecular complexity index is 317. The number of rotatable bonds is 3. The van der Waals surface area contributed by atoms with Crippen LogP contribution in [0, 0.1) is 11.3 Å². The highest BCUT2D eigenvalue weighted by Crippen LogP contribution is 2.21. The second kappa shape index (κ2) is 4.74. The van der Waals surface area contributed by atoms with Gasteiger partial charge in [-0.15, -0.1) is 0 Å². The Labute approximate surface area is 83.1 Å². The van der Waals surface area contributed by atoms with Gasteiger partial charge in [-0.05, 0) is 18.6 Å². The Kier molecular flexibility index (Phi) is 3.60. The van der Waals surface area contributed by atoms with E-state index in [1.165, 1.54) is 0 Å². The second-order valence-corrected chi connectivity index (χ2v) is 3.12. The van der Waals surface area contributed by atoms with Gasteiger partial charge < -0.3 is 5.32 Å². The molecule has 1 aromatic carbocycles. The second-order valence-electron chi connectivity index (χ2n) is 2.71. The number of halogens is 1. The van der Waals surface area contributed by atoms with Crippen molar-refractivity contribution in [3.8, 4) is 6.07 Å². The SMILES string of the molecule is CCC(C#N)Nc1ccccc1Cl. The van der Waals surface area contributed by atoms with Crippen molar-refractivity contribution in [2.75, 3.05) is 5.32 Å². The lowest BCUT2D eigenvalue weighted by atomic mass is 10.2. The van der Waals surface area contributed by atoms with E-state index < -0.39 is 0 Å². The van der Waals surface area contributed by atoms with Gasteiger partial charge in [0.25, 0.3) is 0 Å². The van der Waals surface area contributed by atoms with E-state index in [1.807, 2.05) is 25.1 Å². The lowest BCUT2D eigenvalue weighted by Crippen LogP contribution is -2.15. The summed E-state index contributed by atoms with van der Waals surface area (Å²) in [7, 11) is 0. The van der Waals surface area contributed by atoms with Crippen LogP contribution in [0.1, 0.15) is 13.3 Å². The number of benzene rings is 1. The lowest BCUT2D eigenvalue weighted by Gasteiger charge is -2.11. The molecule has 1 atom stereocenters. The minimum Gasteiger partial charge on any atom is -0.369 e. The predicted molar refractivity (Wildman–Crippen MR) is 54.8 cm³/mol. The van der Waals surface area contributed by atoms with Crippen molar-refractivity contribution < 1.29 is 0 Å². The molecule has 1 unspecified atom stereocenters. The van der Waals surface area contributed by atoms with E-state index >= 15 is 0 Å². The molecule has 0 aliphatic heterocycles. The highest BCUT2D eigenvalue weighted by molar-refractivity contribution is 6.33. The lowest BCUT2D eigenvalue weighted by molar-refractivity contribution is 0.845. The highest BCUT2D eigenvalue weighted by atomic mass is 35.5. The van der Waals surface area contributed by atoms with Crippen LogP contribution < -0.4 is 5.32 Å². The first kappa shape index (κ1) is 9.88. The van der Waals surface area contributed by atoms with Gasteiger partial charge in [-0.3, -0.25) is 0 Å². The van der Waals surface area contributed by atoms with Gasteiger partial charge in [0.05, 0.1) is 16.8 Å². The zero-order valence-corrected chi connectivity index (χ0v) is 8.17. The van der Waals surface area contributed by atoms with E-state index in [9.17, 15) is 0 Å². The number of hydrogen-bond acceptors (Lipinski definition) is 2. The van der Waals surface area contributed by atoms with Crippen LogP contribution in [0.4, 0.5) is 5.69 Å². The van der Waals surface area contributed by atoms with Gasteiger partial charge >= 0.3 is 0 Å². The minimum atomic E-state index is -0.167. The summed E-state index contributed by atoms with van der Waals surface area (Å²) >= 11 is 5.91. The molecule has 0 aliphatic carbocycles. The summed E-state index contributed by atoms with van der Waals surface area (Å²) in [6.45, 7) is 1.96. The quantitative estimate of drug-likeness (QED) is 0.803. The summed E-state index contributed by atoms with van der Waals surface area (Å²) < 4.78 is 0. The van der Waals surface area contributed by atoms with Gasteiger partial charge in [-0.2, -0.15) is 5.26 Å². The third-order valence-electron chi connectivity index (χ3n) is 1.77. The molecular weight excluding hydrogens is 184 g/mol. The van der Waals surface area contributed by atoms with Crippen molar-refractivity contribution in [3.63, 3.8) is 0 Å². The van der Waals surface area contributed by atoms with Crippen molar-refractivity contribution in [2.45, 2.75) is 19.4 Å². The zero-order valence-electron chi connectivity index (χ0n) is 7.42. The largest absolute Gasteiger partial charge is 0.369 e. The maximum absolute atomic E-state index is 8.72. The van der Waals surface area contributed by atoms with Gasteiger partial charge in [0.1, 0.15) is 6.04 Å². The molecule has 0 spiro atoms. The molecule has 2 nitrogen and oxygen atoms in total. The molecule has 1 rings (SSSR count). The fourth-order valence-electron chi connectivity index (χ4n) is 0.992. The minimum absolute atomic E-state index is 0.167. The summed E-state index contributed by atoms with van der Waals surface area (Å²) in [5, 5.41) is 12.4. The van der Waals surface area contributed by atoms with Crippen molar-refractivity contribution >= 4 is 17.3 Å². The normalized spacial score (nSPS) is 11.8. The van der Waals surface area contributed by atoms with Crippen molar-refractivity contribution in [1.82, 2.24) is 0 Å². The third kappa shape index (κ3) is 2.64. The van der Waals surface area contributed by atoms with Crippen molar-refractivity contribution in [2.24, 2.45) is 0 Å². The van der Waals surface area contributed by atoms with Crippen LogP contribution in [0.5, 0.6) is 0 Å². The first-order valence-corrected chi connectivity index (χ1v) is 4.56. The van der Waals surface area contributed by atoms with Gasteiger partial charge in [-0.1, -0.05) is 30.7 Å². The first-order chi connectivity index (χ1) is 6.27. The molecule has 0 heterocycles. The zero-order chi connectivity index (χ0) is 9.68. The molecule has 0 amide bonds. The Morgan fingerprint density at radius 1 is 1.54 bits per heavy atom. The number of nitriles is 1. The average molecular weight is 195 g/mol. The van der Waals surface area contributed by atoms with Crippen LogP contribution in [-0.2, 0) is 0 Å². The Morgan fingerprint density at radius 3 is 2.77 bits per heavy atom. The molecule has 0 radical (unpaired) electrons. The molecule has 0 saturated heterocycles. The molecule has 0 fully saturated rings. The Balaban J connectivity index is 2.74. The van der Waals surface area contributed by atoms with E-state index in [2.05, 4.69) is 11.4 Å². The van der Waals surface area contributed by atoms with Gasteiger partial charge in [0.2, 0.25) is 0 Å². The highest BCUT2D eigenvalue weighted by Gasteiger charge is 2.05. The molecule has 0 bridgehead atoms. The first-order valence-electron chi connectivity index (χ1n) is 4.18. The number of para-hydroxylation sites is 1. The fraction of sp³-hybridized carbons (Fsp3) is 0.300. The fourth-order valence-corrected chi connectivity index (χ4v) is 1.18. The molecule has 1 N–H and O–H groups in total. The smallest absolute Gasteiger partial charge is 0.114 e.